The molecule has 1 aliphatic rings. The van der Waals surface area contributed by atoms with Crippen LogP contribution in [0, 0.1) is 0 Å². The third kappa shape index (κ3) is 3.61. The minimum absolute atomic E-state index is 0.00251. The highest BCUT2D eigenvalue weighted by Gasteiger charge is 2.31. The molecule has 2 rings (SSSR count). The van der Waals surface area contributed by atoms with E-state index in [0.29, 0.717) is 23.4 Å². The van der Waals surface area contributed by atoms with Gasteiger partial charge in [-0.3, -0.25) is 4.79 Å². The fourth-order valence-corrected chi connectivity index (χ4v) is 2.26. The number of carbonyl (C=O) groups excluding carboxylic acids is 1. The number of carbonyl (C=O) groups is 1. The van der Waals surface area contributed by atoms with Crippen LogP contribution in [0.5, 0.6) is 5.75 Å². The van der Waals surface area contributed by atoms with Crippen LogP contribution in [0.15, 0.2) is 18.2 Å². The maximum absolute atomic E-state index is 12.0. The first-order valence-electron chi connectivity index (χ1n) is 6.47. The van der Waals surface area contributed by atoms with E-state index in [0.717, 1.165) is 18.4 Å². The molecule has 0 aromatic heterocycles. The summed E-state index contributed by atoms with van der Waals surface area (Å²) in [5.74, 6) is 0.464. The summed E-state index contributed by atoms with van der Waals surface area (Å²) in [7, 11) is 0. The van der Waals surface area contributed by atoms with Crippen LogP contribution < -0.4 is 4.74 Å². The SMILES string of the molecule is CCN(C(=O)COc1ccc(CO)cc1Cl)C1CC1. The van der Waals surface area contributed by atoms with E-state index in [2.05, 4.69) is 0 Å². The van der Waals surface area contributed by atoms with Gasteiger partial charge in [0.25, 0.3) is 5.91 Å². The molecule has 0 saturated heterocycles. The fourth-order valence-electron chi connectivity index (χ4n) is 2.01. The third-order valence-corrected chi connectivity index (χ3v) is 3.47. The average molecular weight is 284 g/mol. The maximum Gasteiger partial charge on any atom is 0.260 e. The summed E-state index contributed by atoms with van der Waals surface area (Å²) in [5, 5.41) is 9.39. The smallest absolute Gasteiger partial charge is 0.260 e. The van der Waals surface area contributed by atoms with Crippen molar-refractivity contribution in [1.29, 1.82) is 0 Å². The van der Waals surface area contributed by atoms with Crippen LogP contribution in [0.2, 0.25) is 5.02 Å². The third-order valence-electron chi connectivity index (χ3n) is 3.18. The predicted molar refractivity (Wildman–Crippen MR) is 73.3 cm³/mol. The van der Waals surface area contributed by atoms with Crippen molar-refractivity contribution in [2.75, 3.05) is 13.2 Å². The Morgan fingerprint density at radius 3 is 2.79 bits per heavy atom. The van der Waals surface area contributed by atoms with E-state index in [4.69, 9.17) is 21.4 Å². The Balaban J connectivity index is 1.92. The van der Waals surface area contributed by atoms with Gasteiger partial charge in [0.05, 0.1) is 11.6 Å². The molecule has 0 unspecified atom stereocenters. The number of rotatable bonds is 6. The van der Waals surface area contributed by atoms with Gasteiger partial charge in [-0.25, -0.2) is 0 Å². The first-order valence-corrected chi connectivity index (χ1v) is 6.85. The molecule has 1 aliphatic carbocycles. The quantitative estimate of drug-likeness (QED) is 0.871. The zero-order valence-electron chi connectivity index (χ0n) is 10.9. The first-order chi connectivity index (χ1) is 9.15. The summed E-state index contributed by atoms with van der Waals surface area (Å²) < 4.78 is 5.45. The Kier molecular flexibility index (Phi) is 4.66. The van der Waals surface area contributed by atoms with Crippen molar-refractivity contribution in [3.05, 3.63) is 28.8 Å². The van der Waals surface area contributed by atoms with Gasteiger partial charge < -0.3 is 14.7 Å². The highest BCUT2D eigenvalue weighted by atomic mass is 35.5. The lowest BCUT2D eigenvalue weighted by atomic mass is 10.2. The average Bonchev–Trinajstić information content (AvgIpc) is 3.22. The van der Waals surface area contributed by atoms with Crippen molar-refractivity contribution in [1.82, 2.24) is 4.90 Å². The Morgan fingerprint density at radius 1 is 1.53 bits per heavy atom. The Labute approximate surface area is 117 Å². The van der Waals surface area contributed by atoms with Gasteiger partial charge in [0, 0.05) is 12.6 Å². The van der Waals surface area contributed by atoms with Crippen LogP contribution in [-0.2, 0) is 11.4 Å². The van der Waals surface area contributed by atoms with Crippen LogP contribution in [0.4, 0.5) is 0 Å². The van der Waals surface area contributed by atoms with E-state index < -0.39 is 0 Å². The van der Waals surface area contributed by atoms with Gasteiger partial charge in [0.1, 0.15) is 5.75 Å². The summed E-state index contributed by atoms with van der Waals surface area (Å²) in [6, 6.07) is 5.44. The van der Waals surface area contributed by atoms with E-state index in [9.17, 15) is 4.79 Å². The van der Waals surface area contributed by atoms with Crippen LogP contribution in [0.25, 0.3) is 0 Å². The summed E-state index contributed by atoms with van der Waals surface area (Å²) in [6.07, 6.45) is 2.18. The molecular weight excluding hydrogens is 266 g/mol. The lowest BCUT2D eigenvalue weighted by Crippen LogP contribution is -2.36. The standard InChI is InChI=1S/C14H18ClNO3/c1-2-16(11-4-5-11)14(18)9-19-13-6-3-10(8-17)7-12(13)15/h3,6-7,11,17H,2,4-5,8-9H2,1H3. The first kappa shape index (κ1) is 14.2. The predicted octanol–water partition coefficient (Wildman–Crippen LogP) is 2.22. The number of hydrogen-bond donors (Lipinski definition) is 1. The second-order valence-electron chi connectivity index (χ2n) is 4.62. The van der Waals surface area contributed by atoms with E-state index in [1.165, 1.54) is 0 Å². The van der Waals surface area contributed by atoms with Crippen molar-refractivity contribution >= 4 is 17.5 Å². The molecule has 1 aromatic carbocycles. The summed E-state index contributed by atoms with van der Waals surface area (Å²) in [5.41, 5.74) is 0.719. The van der Waals surface area contributed by atoms with Crippen LogP contribution in [0.3, 0.4) is 0 Å². The molecule has 1 N–H and O–H groups in total. The molecule has 1 saturated carbocycles. The van der Waals surface area contributed by atoms with Gasteiger partial charge in [-0.15, -0.1) is 0 Å². The van der Waals surface area contributed by atoms with Crippen molar-refractivity contribution < 1.29 is 14.6 Å². The fraction of sp³-hybridized carbons (Fsp3) is 0.500. The molecule has 0 bridgehead atoms. The van der Waals surface area contributed by atoms with Gasteiger partial charge in [-0.2, -0.15) is 0 Å². The highest BCUT2D eigenvalue weighted by Crippen LogP contribution is 2.28. The normalized spacial score (nSPS) is 14.3. The maximum atomic E-state index is 12.0. The van der Waals surface area contributed by atoms with Gasteiger partial charge in [-0.1, -0.05) is 17.7 Å². The zero-order valence-corrected chi connectivity index (χ0v) is 11.7. The molecule has 0 spiro atoms. The minimum Gasteiger partial charge on any atom is -0.482 e. The van der Waals surface area contributed by atoms with Crippen LogP contribution in [-0.4, -0.2) is 35.1 Å². The number of hydrogen-bond acceptors (Lipinski definition) is 3. The lowest BCUT2D eigenvalue weighted by Gasteiger charge is -2.20. The molecular formula is C14H18ClNO3. The number of halogens is 1. The Morgan fingerprint density at radius 2 is 2.26 bits per heavy atom. The molecule has 1 aromatic rings. The summed E-state index contributed by atoms with van der Waals surface area (Å²) >= 11 is 6.02. The molecule has 0 heterocycles. The second-order valence-corrected chi connectivity index (χ2v) is 5.03. The molecule has 0 radical (unpaired) electrons. The highest BCUT2D eigenvalue weighted by molar-refractivity contribution is 6.32. The zero-order chi connectivity index (χ0) is 13.8. The van der Waals surface area contributed by atoms with E-state index in [1.807, 2.05) is 11.8 Å². The van der Waals surface area contributed by atoms with Crippen molar-refractivity contribution in [3.63, 3.8) is 0 Å². The summed E-state index contributed by atoms with van der Waals surface area (Å²) in [4.78, 5) is 13.8. The lowest BCUT2D eigenvalue weighted by molar-refractivity contribution is -0.133. The topological polar surface area (TPSA) is 49.8 Å². The molecule has 5 heteroatoms. The number of ether oxygens (including phenoxy) is 1. The van der Waals surface area contributed by atoms with E-state index >= 15 is 0 Å². The molecule has 4 nitrogen and oxygen atoms in total. The largest absolute Gasteiger partial charge is 0.482 e. The van der Waals surface area contributed by atoms with Gasteiger partial charge >= 0.3 is 0 Å². The van der Waals surface area contributed by atoms with Gasteiger partial charge in [0.2, 0.25) is 0 Å². The minimum atomic E-state index is -0.0653. The van der Waals surface area contributed by atoms with Crippen molar-refractivity contribution in [2.45, 2.75) is 32.4 Å². The van der Waals surface area contributed by atoms with Crippen LogP contribution in [0.1, 0.15) is 25.3 Å². The van der Waals surface area contributed by atoms with Crippen LogP contribution >= 0.6 is 11.6 Å². The molecule has 19 heavy (non-hydrogen) atoms. The van der Waals surface area contributed by atoms with Crippen molar-refractivity contribution in [2.24, 2.45) is 0 Å². The molecule has 0 aliphatic heterocycles. The van der Waals surface area contributed by atoms with Gasteiger partial charge in [0.15, 0.2) is 6.61 Å². The number of aliphatic hydroxyl groups excluding tert-OH is 1. The number of amides is 1. The summed E-state index contributed by atoms with van der Waals surface area (Å²) in [6.45, 7) is 2.62. The Hall–Kier alpha value is -1.26. The molecule has 0 atom stereocenters. The Bertz CT molecular complexity index is 460. The molecule has 1 fully saturated rings. The van der Waals surface area contributed by atoms with E-state index in [1.54, 1.807) is 18.2 Å². The number of nitrogens with zero attached hydrogens (tertiary/aromatic N) is 1. The van der Waals surface area contributed by atoms with Gasteiger partial charge in [-0.05, 0) is 37.5 Å². The van der Waals surface area contributed by atoms with Crippen molar-refractivity contribution in [3.8, 4) is 5.75 Å². The second kappa shape index (κ2) is 6.26. The number of likely N-dealkylation sites (N-methyl/N-ethyl adjacent to an activating group) is 1. The molecule has 1 amide bonds. The monoisotopic (exact) mass is 283 g/mol. The number of benzene rings is 1. The van der Waals surface area contributed by atoms with E-state index in [-0.39, 0.29) is 19.1 Å². The number of aliphatic hydroxyl groups is 1. The molecule has 104 valence electrons.